The van der Waals surface area contributed by atoms with Gasteiger partial charge in [-0.3, -0.25) is 4.79 Å². The molecule has 2 aromatic heterocycles. The van der Waals surface area contributed by atoms with Gasteiger partial charge in [0, 0.05) is 16.2 Å². The molecule has 4 rings (SSSR count). The number of aromatic nitrogens is 2. The SMILES string of the molecule is O=c1c2cc(-c3ccccc3)cnc2sn1-c1ccc(Br)cc1. The average molecular weight is 383 g/mol. The van der Waals surface area contributed by atoms with Crippen LogP contribution < -0.4 is 5.56 Å². The van der Waals surface area contributed by atoms with Gasteiger partial charge in [0.05, 0.1) is 11.1 Å². The van der Waals surface area contributed by atoms with Crippen LogP contribution in [0.1, 0.15) is 0 Å². The van der Waals surface area contributed by atoms with Crippen LogP contribution in [0.2, 0.25) is 0 Å². The molecule has 0 unspecified atom stereocenters. The zero-order valence-corrected chi connectivity index (χ0v) is 14.3. The number of benzene rings is 2. The van der Waals surface area contributed by atoms with Gasteiger partial charge in [-0.15, -0.1) is 0 Å². The summed E-state index contributed by atoms with van der Waals surface area (Å²) in [7, 11) is 0. The smallest absolute Gasteiger partial charge is 0.267 e. The lowest BCUT2D eigenvalue weighted by atomic mass is 10.1. The topological polar surface area (TPSA) is 34.9 Å². The molecule has 0 spiro atoms. The molecule has 0 aliphatic rings. The normalized spacial score (nSPS) is 11.0. The van der Waals surface area contributed by atoms with Crippen LogP contribution in [0.4, 0.5) is 0 Å². The lowest BCUT2D eigenvalue weighted by molar-refractivity contribution is 1.14. The largest absolute Gasteiger partial charge is 0.274 e. The summed E-state index contributed by atoms with van der Waals surface area (Å²) < 4.78 is 2.67. The van der Waals surface area contributed by atoms with Crippen molar-refractivity contribution in [1.29, 1.82) is 0 Å². The van der Waals surface area contributed by atoms with E-state index in [1.807, 2.05) is 66.9 Å². The second-order valence-corrected chi connectivity index (χ2v) is 6.96. The molecule has 0 saturated carbocycles. The van der Waals surface area contributed by atoms with Crippen molar-refractivity contribution in [2.24, 2.45) is 0 Å². The predicted octanol–water partition coefficient (Wildman–Crippen LogP) is 4.88. The predicted molar refractivity (Wildman–Crippen MR) is 98.4 cm³/mol. The number of hydrogen-bond acceptors (Lipinski definition) is 3. The molecule has 5 heteroatoms. The van der Waals surface area contributed by atoms with Gasteiger partial charge < -0.3 is 0 Å². The molecule has 0 saturated heterocycles. The van der Waals surface area contributed by atoms with E-state index in [0.29, 0.717) is 5.39 Å². The van der Waals surface area contributed by atoms with Gasteiger partial charge in [0.1, 0.15) is 4.83 Å². The van der Waals surface area contributed by atoms with Crippen LogP contribution in [0.25, 0.3) is 27.0 Å². The maximum atomic E-state index is 12.7. The molecule has 3 nitrogen and oxygen atoms in total. The van der Waals surface area contributed by atoms with E-state index in [4.69, 9.17) is 0 Å². The first-order valence-corrected chi connectivity index (χ1v) is 8.62. The molecule has 2 heterocycles. The van der Waals surface area contributed by atoms with Crippen LogP contribution in [0.3, 0.4) is 0 Å². The van der Waals surface area contributed by atoms with E-state index in [9.17, 15) is 4.79 Å². The maximum absolute atomic E-state index is 12.7. The van der Waals surface area contributed by atoms with Crippen molar-refractivity contribution in [3.8, 4) is 16.8 Å². The first-order valence-electron chi connectivity index (χ1n) is 7.06. The van der Waals surface area contributed by atoms with Gasteiger partial charge in [-0.2, -0.15) is 0 Å². The summed E-state index contributed by atoms with van der Waals surface area (Å²) in [6, 6.07) is 19.6. The van der Waals surface area contributed by atoms with E-state index in [1.165, 1.54) is 11.5 Å². The molecule has 2 aromatic carbocycles. The number of halogens is 1. The quantitative estimate of drug-likeness (QED) is 0.495. The maximum Gasteiger partial charge on any atom is 0.274 e. The minimum atomic E-state index is -0.0300. The van der Waals surface area contributed by atoms with E-state index < -0.39 is 0 Å². The third-order valence-corrected chi connectivity index (χ3v) is 5.20. The van der Waals surface area contributed by atoms with Gasteiger partial charge >= 0.3 is 0 Å². The van der Waals surface area contributed by atoms with Crippen LogP contribution >= 0.6 is 27.5 Å². The fourth-order valence-corrected chi connectivity index (χ4v) is 3.64. The van der Waals surface area contributed by atoms with Crippen molar-refractivity contribution in [1.82, 2.24) is 8.94 Å². The van der Waals surface area contributed by atoms with Gasteiger partial charge in [-0.25, -0.2) is 8.94 Å². The van der Waals surface area contributed by atoms with Crippen LogP contribution in [0, 0.1) is 0 Å². The molecule has 0 bridgehead atoms. The summed E-state index contributed by atoms with van der Waals surface area (Å²) in [4.78, 5) is 17.9. The Labute approximate surface area is 145 Å². The molecule has 112 valence electrons. The Morgan fingerprint density at radius 3 is 2.43 bits per heavy atom. The van der Waals surface area contributed by atoms with E-state index >= 15 is 0 Å². The lowest BCUT2D eigenvalue weighted by Gasteiger charge is -1.99. The first kappa shape index (κ1) is 14.4. The Hall–Kier alpha value is -2.24. The van der Waals surface area contributed by atoms with Crippen LogP contribution in [0.5, 0.6) is 0 Å². The minimum absolute atomic E-state index is 0.0300. The van der Waals surface area contributed by atoms with Crippen molar-refractivity contribution >= 4 is 37.7 Å². The number of pyridine rings is 1. The van der Waals surface area contributed by atoms with Gasteiger partial charge in [0.25, 0.3) is 5.56 Å². The van der Waals surface area contributed by atoms with Crippen LogP contribution in [-0.4, -0.2) is 8.94 Å². The van der Waals surface area contributed by atoms with Gasteiger partial charge in [-0.05, 0) is 47.4 Å². The van der Waals surface area contributed by atoms with Gasteiger partial charge in [0.2, 0.25) is 0 Å². The monoisotopic (exact) mass is 382 g/mol. The zero-order valence-electron chi connectivity index (χ0n) is 11.9. The molecule has 0 fully saturated rings. The van der Waals surface area contributed by atoms with E-state index in [2.05, 4.69) is 20.9 Å². The number of fused-ring (bicyclic) bond motifs is 1. The Kier molecular flexibility index (Phi) is 3.59. The highest BCUT2D eigenvalue weighted by Crippen LogP contribution is 2.25. The Balaban J connectivity index is 1.88. The van der Waals surface area contributed by atoms with Crippen molar-refractivity contribution in [3.05, 3.63) is 81.7 Å². The Morgan fingerprint density at radius 1 is 0.957 bits per heavy atom. The summed E-state index contributed by atoms with van der Waals surface area (Å²) in [6.45, 7) is 0. The van der Waals surface area contributed by atoms with Gasteiger partial charge in [0.15, 0.2) is 0 Å². The molecule has 0 radical (unpaired) electrons. The summed E-state index contributed by atoms with van der Waals surface area (Å²) in [5, 5.41) is 0.652. The molecular weight excluding hydrogens is 372 g/mol. The second kappa shape index (κ2) is 5.76. The highest BCUT2D eigenvalue weighted by atomic mass is 79.9. The van der Waals surface area contributed by atoms with Gasteiger partial charge in [-0.1, -0.05) is 46.3 Å². The fraction of sp³-hybridized carbons (Fsp3) is 0. The van der Waals surface area contributed by atoms with Crippen molar-refractivity contribution in [2.75, 3.05) is 0 Å². The lowest BCUT2D eigenvalue weighted by Crippen LogP contribution is -2.10. The fourth-order valence-electron chi connectivity index (χ4n) is 2.45. The highest BCUT2D eigenvalue weighted by Gasteiger charge is 2.11. The van der Waals surface area contributed by atoms with Crippen molar-refractivity contribution < 1.29 is 0 Å². The number of hydrogen-bond donors (Lipinski definition) is 0. The molecular formula is C18H11BrN2OS. The first-order chi connectivity index (χ1) is 11.2. The minimum Gasteiger partial charge on any atom is -0.267 e. The summed E-state index contributed by atoms with van der Waals surface area (Å²) in [6.07, 6.45) is 1.82. The van der Waals surface area contributed by atoms with E-state index in [-0.39, 0.29) is 5.56 Å². The third kappa shape index (κ3) is 2.62. The average Bonchev–Trinajstić information content (AvgIpc) is 2.93. The van der Waals surface area contributed by atoms with Crippen molar-refractivity contribution in [3.63, 3.8) is 0 Å². The molecule has 0 aliphatic heterocycles. The molecule has 0 amide bonds. The standard InChI is InChI=1S/C18H11BrN2OS/c19-14-6-8-15(9-7-14)21-18(22)16-10-13(11-20-17(16)23-21)12-4-2-1-3-5-12/h1-11H. The molecule has 0 aliphatic carbocycles. The summed E-state index contributed by atoms with van der Waals surface area (Å²) >= 11 is 4.77. The molecule has 0 N–H and O–H groups in total. The zero-order chi connectivity index (χ0) is 15.8. The molecule has 23 heavy (non-hydrogen) atoms. The Morgan fingerprint density at radius 2 is 1.70 bits per heavy atom. The summed E-state index contributed by atoms with van der Waals surface area (Å²) in [5.41, 5.74) is 2.83. The number of nitrogens with zero attached hydrogens (tertiary/aromatic N) is 2. The van der Waals surface area contributed by atoms with Crippen molar-refractivity contribution in [2.45, 2.75) is 0 Å². The second-order valence-electron chi connectivity index (χ2n) is 5.11. The van der Waals surface area contributed by atoms with Crippen LogP contribution in [0.15, 0.2) is 76.1 Å². The van der Waals surface area contributed by atoms with E-state index in [1.54, 1.807) is 3.96 Å². The Bertz CT molecular complexity index is 1040. The molecule has 0 atom stereocenters. The van der Waals surface area contributed by atoms with E-state index in [0.717, 1.165) is 26.1 Å². The van der Waals surface area contributed by atoms with Crippen LogP contribution in [-0.2, 0) is 0 Å². The highest BCUT2D eigenvalue weighted by molar-refractivity contribution is 9.10. The number of rotatable bonds is 2. The third-order valence-electron chi connectivity index (χ3n) is 3.61. The summed E-state index contributed by atoms with van der Waals surface area (Å²) in [5.74, 6) is 0. The molecule has 4 aromatic rings.